The molecule has 0 aliphatic heterocycles. The van der Waals surface area contributed by atoms with Crippen LogP contribution >= 0.6 is 0 Å². The lowest BCUT2D eigenvalue weighted by Gasteiger charge is -2.03. The van der Waals surface area contributed by atoms with Gasteiger partial charge < -0.3 is 5.73 Å². The molecule has 2 rings (SSSR count). The number of carbonyl (C=O) groups is 1. The van der Waals surface area contributed by atoms with Crippen molar-refractivity contribution in [1.82, 2.24) is 20.2 Å². The molecule has 2 N–H and O–H groups in total. The smallest absolute Gasteiger partial charge is 0.217 e. The van der Waals surface area contributed by atoms with E-state index in [1.165, 1.54) is 0 Å². The molecular weight excluding hydrogens is 230 g/mol. The molecule has 0 radical (unpaired) electrons. The zero-order valence-corrected chi connectivity index (χ0v) is 9.99. The van der Waals surface area contributed by atoms with Crippen molar-refractivity contribution in [3.05, 3.63) is 36.2 Å². The molecule has 1 amide bonds. The molecule has 0 atom stereocenters. The van der Waals surface area contributed by atoms with Gasteiger partial charge in [-0.3, -0.25) is 4.79 Å². The molecule has 0 aliphatic carbocycles. The Bertz CT molecular complexity index is 508. The third-order valence-electron chi connectivity index (χ3n) is 2.61. The Hall–Kier alpha value is -2.24. The van der Waals surface area contributed by atoms with Crippen molar-refractivity contribution in [2.45, 2.75) is 25.7 Å². The molecule has 0 bridgehead atoms. The van der Waals surface area contributed by atoms with Gasteiger partial charge in [0.2, 0.25) is 5.91 Å². The average molecular weight is 245 g/mol. The van der Waals surface area contributed by atoms with Crippen LogP contribution in [-0.4, -0.2) is 26.1 Å². The summed E-state index contributed by atoms with van der Waals surface area (Å²) in [6, 6.07) is 9.72. The number of amides is 1. The van der Waals surface area contributed by atoms with E-state index in [9.17, 15) is 4.79 Å². The van der Waals surface area contributed by atoms with Crippen LogP contribution in [0.2, 0.25) is 0 Å². The van der Waals surface area contributed by atoms with Gasteiger partial charge in [0.1, 0.15) is 0 Å². The Morgan fingerprint density at radius 3 is 2.72 bits per heavy atom. The molecule has 0 fully saturated rings. The predicted molar refractivity (Wildman–Crippen MR) is 65.9 cm³/mol. The van der Waals surface area contributed by atoms with Crippen LogP contribution in [0.1, 0.15) is 25.1 Å². The highest BCUT2D eigenvalue weighted by Gasteiger charge is 2.07. The van der Waals surface area contributed by atoms with E-state index in [2.05, 4.69) is 15.5 Å². The molecule has 1 aromatic carbocycles. The summed E-state index contributed by atoms with van der Waals surface area (Å²) in [4.78, 5) is 10.6. The number of nitrogens with zero attached hydrogens (tertiary/aromatic N) is 4. The van der Waals surface area contributed by atoms with E-state index in [0.29, 0.717) is 6.42 Å². The fraction of sp³-hybridized carbons (Fsp3) is 0.333. The number of primary amides is 1. The molecule has 6 nitrogen and oxygen atoms in total. The molecule has 1 heterocycles. The lowest BCUT2D eigenvalue weighted by molar-refractivity contribution is -0.118. The summed E-state index contributed by atoms with van der Waals surface area (Å²) in [7, 11) is 0. The Labute approximate surface area is 105 Å². The van der Waals surface area contributed by atoms with E-state index in [4.69, 9.17) is 5.73 Å². The van der Waals surface area contributed by atoms with E-state index >= 15 is 0 Å². The van der Waals surface area contributed by atoms with Crippen molar-refractivity contribution in [3.8, 4) is 5.69 Å². The molecule has 94 valence electrons. The largest absolute Gasteiger partial charge is 0.370 e. The van der Waals surface area contributed by atoms with Crippen LogP contribution in [0.5, 0.6) is 0 Å². The average Bonchev–Trinajstić information content (AvgIpc) is 2.84. The van der Waals surface area contributed by atoms with Crippen LogP contribution in [0, 0.1) is 0 Å². The number of aryl methyl sites for hydroxylation is 1. The minimum absolute atomic E-state index is 0.266. The zero-order valence-electron chi connectivity index (χ0n) is 9.99. The molecule has 2 aromatic rings. The Balaban J connectivity index is 1.98. The van der Waals surface area contributed by atoms with Crippen LogP contribution in [0.25, 0.3) is 5.69 Å². The summed E-state index contributed by atoms with van der Waals surface area (Å²) in [5.41, 5.74) is 6.03. The standard InChI is InChI=1S/C12H15N5O/c13-11(18)8-4-5-9-12-14-15-16-17(12)10-6-2-1-3-7-10/h1-3,6-7H,4-5,8-9H2,(H2,13,18). The first kappa shape index (κ1) is 12.2. The van der Waals surface area contributed by atoms with Crippen molar-refractivity contribution in [3.63, 3.8) is 0 Å². The molecule has 0 saturated heterocycles. The number of rotatable bonds is 6. The quantitative estimate of drug-likeness (QED) is 0.765. The number of hydrogen-bond donors (Lipinski definition) is 1. The van der Waals surface area contributed by atoms with E-state index in [-0.39, 0.29) is 5.91 Å². The van der Waals surface area contributed by atoms with E-state index in [1.54, 1.807) is 4.68 Å². The normalized spacial score (nSPS) is 10.4. The Kier molecular flexibility index (Phi) is 4.01. The number of unbranched alkanes of at least 4 members (excludes halogenated alkanes) is 1. The van der Waals surface area contributed by atoms with E-state index in [1.807, 2.05) is 30.3 Å². The molecule has 0 saturated carbocycles. The van der Waals surface area contributed by atoms with E-state index in [0.717, 1.165) is 30.8 Å². The van der Waals surface area contributed by atoms with Crippen LogP contribution in [0.4, 0.5) is 0 Å². The highest BCUT2D eigenvalue weighted by molar-refractivity contribution is 5.73. The van der Waals surface area contributed by atoms with Crippen molar-refractivity contribution in [2.24, 2.45) is 5.73 Å². The van der Waals surface area contributed by atoms with Crippen molar-refractivity contribution >= 4 is 5.91 Å². The summed E-state index contributed by atoms with van der Waals surface area (Å²) < 4.78 is 1.71. The first-order chi connectivity index (χ1) is 8.77. The van der Waals surface area contributed by atoms with Gasteiger partial charge in [0, 0.05) is 12.8 Å². The number of nitrogens with two attached hydrogens (primary N) is 1. The highest BCUT2D eigenvalue weighted by Crippen LogP contribution is 2.09. The first-order valence-corrected chi connectivity index (χ1v) is 5.88. The molecule has 0 aliphatic rings. The second-order valence-electron chi connectivity index (χ2n) is 4.02. The van der Waals surface area contributed by atoms with Gasteiger partial charge in [-0.05, 0) is 35.4 Å². The monoisotopic (exact) mass is 245 g/mol. The summed E-state index contributed by atoms with van der Waals surface area (Å²) in [5.74, 6) is 0.531. The van der Waals surface area contributed by atoms with E-state index < -0.39 is 0 Å². The van der Waals surface area contributed by atoms with Crippen molar-refractivity contribution in [2.75, 3.05) is 0 Å². The van der Waals surface area contributed by atoms with Gasteiger partial charge in [0.25, 0.3) is 0 Å². The summed E-state index contributed by atoms with van der Waals surface area (Å²) >= 11 is 0. The maximum atomic E-state index is 10.6. The van der Waals surface area contributed by atoms with Crippen molar-refractivity contribution < 1.29 is 4.79 Å². The second kappa shape index (κ2) is 5.90. The van der Waals surface area contributed by atoms with Crippen LogP contribution in [0.3, 0.4) is 0 Å². The number of carbonyl (C=O) groups excluding carboxylic acids is 1. The maximum absolute atomic E-state index is 10.6. The number of benzene rings is 1. The summed E-state index contributed by atoms with van der Waals surface area (Å²) in [5, 5.41) is 11.6. The fourth-order valence-electron chi connectivity index (χ4n) is 1.71. The molecule has 0 spiro atoms. The number of tetrazole rings is 1. The first-order valence-electron chi connectivity index (χ1n) is 5.88. The van der Waals surface area contributed by atoms with Gasteiger partial charge in [0.15, 0.2) is 5.82 Å². The number of aromatic nitrogens is 4. The highest BCUT2D eigenvalue weighted by atomic mass is 16.1. The molecule has 18 heavy (non-hydrogen) atoms. The topological polar surface area (TPSA) is 86.7 Å². The zero-order chi connectivity index (χ0) is 12.8. The van der Waals surface area contributed by atoms with Crippen LogP contribution < -0.4 is 5.73 Å². The lowest BCUT2D eigenvalue weighted by atomic mass is 10.2. The SMILES string of the molecule is NC(=O)CCCCc1nnnn1-c1ccccc1. The van der Waals surface area contributed by atoms with Gasteiger partial charge in [-0.15, -0.1) is 5.10 Å². The van der Waals surface area contributed by atoms with Gasteiger partial charge in [-0.25, -0.2) is 0 Å². The minimum atomic E-state index is -0.266. The molecule has 6 heteroatoms. The Morgan fingerprint density at radius 2 is 2.00 bits per heavy atom. The Morgan fingerprint density at radius 1 is 1.22 bits per heavy atom. The molecular formula is C12H15N5O. The summed E-state index contributed by atoms with van der Waals surface area (Å²) in [6.07, 6.45) is 2.75. The fourth-order valence-corrected chi connectivity index (χ4v) is 1.71. The third-order valence-corrected chi connectivity index (χ3v) is 2.61. The number of hydrogen-bond acceptors (Lipinski definition) is 4. The van der Waals surface area contributed by atoms with Gasteiger partial charge >= 0.3 is 0 Å². The lowest BCUT2D eigenvalue weighted by Crippen LogP contribution is -2.10. The molecule has 1 aromatic heterocycles. The summed E-state index contributed by atoms with van der Waals surface area (Å²) in [6.45, 7) is 0. The number of para-hydroxylation sites is 1. The predicted octanol–water partition coefficient (Wildman–Crippen LogP) is 0.860. The van der Waals surface area contributed by atoms with Gasteiger partial charge in [0.05, 0.1) is 5.69 Å². The third kappa shape index (κ3) is 3.13. The maximum Gasteiger partial charge on any atom is 0.217 e. The molecule has 0 unspecified atom stereocenters. The van der Waals surface area contributed by atoms with Gasteiger partial charge in [-0.1, -0.05) is 18.2 Å². The van der Waals surface area contributed by atoms with Crippen LogP contribution in [0.15, 0.2) is 30.3 Å². The second-order valence-corrected chi connectivity index (χ2v) is 4.02. The van der Waals surface area contributed by atoms with Crippen LogP contribution in [-0.2, 0) is 11.2 Å². The minimum Gasteiger partial charge on any atom is -0.370 e. The van der Waals surface area contributed by atoms with Crippen molar-refractivity contribution in [1.29, 1.82) is 0 Å². The van der Waals surface area contributed by atoms with Gasteiger partial charge in [-0.2, -0.15) is 4.68 Å².